The van der Waals surface area contributed by atoms with Gasteiger partial charge in [0.1, 0.15) is 0 Å². The highest BCUT2D eigenvalue weighted by molar-refractivity contribution is 7.92. The summed E-state index contributed by atoms with van der Waals surface area (Å²) in [6.07, 6.45) is 7.38. The molecule has 7 heteroatoms. The van der Waals surface area contributed by atoms with Gasteiger partial charge in [0.25, 0.3) is 0 Å². The lowest BCUT2D eigenvalue weighted by molar-refractivity contribution is 0.325. The zero-order chi connectivity index (χ0) is 18.6. The quantitative estimate of drug-likeness (QED) is 0.697. The van der Waals surface area contributed by atoms with Gasteiger partial charge in [0, 0.05) is 56.8 Å². The van der Waals surface area contributed by atoms with Crippen molar-refractivity contribution in [3.63, 3.8) is 0 Å². The molecule has 2 aliphatic heterocycles. The van der Waals surface area contributed by atoms with Gasteiger partial charge in [-0.2, -0.15) is 5.10 Å². The van der Waals surface area contributed by atoms with Gasteiger partial charge in [-0.05, 0) is 34.9 Å². The average molecular weight is 380 g/mol. The highest BCUT2D eigenvalue weighted by Gasteiger charge is 2.50. The molecule has 0 radical (unpaired) electrons. The SMILES string of the molecule is Cn1cc(CN2CC3c4cc(-c5cccnc5)ccc4S(=O)(=O)C3C2)cn1. The number of benzene rings is 1. The van der Waals surface area contributed by atoms with E-state index in [2.05, 4.69) is 15.0 Å². The smallest absolute Gasteiger partial charge is 0.183 e. The Morgan fingerprint density at radius 2 is 2.04 bits per heavy atom. The molecule has 2 aromatic heterocycles. The van der Waals surface area contributed by atoms with Crippen molar-refractivity contribution in [2.24, 2.45) is 7.05 Å². The number of fused-ring (bicyclic) bond motifs is 3. The number of hydrogen-bond acceptors (Lipinski definition) is 5. The number of likely N-dealkylation sites (tertiary alicyclic amines) is 1. The number of aromatic nitrogens is 3. The molecule has 2 aliphatic rings. The normalized spacial score (nSPS) is 23.3. The summed E-state index contributed by atoms with van der Waals surface area (Å²) < 4.78 is 27.9. The molecule has 2 unspecified atom stereocenters. The molecule has 0 amide bonds. The summed E-state index contributed by atoms with van der Waals surface area (Å²) in [5.41, 5.74) is 4.09. The molecular formula is C20H20N4O2S. The number of nitrogens with zero attached hydrogens (tertiary/aromatic N) is 4. The van der Waals surface area contributed by atoms with Gasteiger partial charge in [-0.3, -0.25) is 14.6 Å². The van der Waals surface area contributed by atoms with Crippen molar-refractivity contribution < 1.29 is 8.42 Å². The topological polar surface area (TPSA) is 68.1 Å². The molecule has 0 N–H and O–H groups in total. The molecule has 1 fully saturated rings. The van der Waals surface area contributed by atoms with Crippen LogP contribution in [0.5, 0.6) is 0 Å². The molecule has 2 atom stereocenters. The van der Waals surface area contributed by atoms with Crippen LogP contribution in [0, 0.1) is 0 Å². The standard InChI is InChI=1S/C20H20N4O2S/c1-23-10-14(8-22-23)11-24-12-18-17-7-15(16-3-2-6-21-9-16)4-5-19(17)27(25,26)20(18)13-24/h2-10,18,20H,11-13H2,1H3. The van der Waals surface area contributed by atoms with E-state index in [9.17, 15) is 8.42 Å². The van der Waals surface area contributed by atoms with Crippen molar-refractivity contribution in [2.75, 3.05) is 13.1 Å². The summed E-state index contributed by atoms with van der Waals surface area (Å²) in [7, 11) is -1.39. The van der Waals surface area contributed by atoms with Crippen molar-refractivity contribution in [3.05, 3.63) is 66.2 Å². The van der Waals surface area contributed by atoms with Gasteiger partial charge in [-0.1, -0.05) is 12.1 Å². The third-order valence-corrected chi connectivity index (χ3v) is 7.88. The maximum Gasteiger partial charge on any atom is 0.183 e. The Kier molecular flexibility index (Phi) is 3.70. The number of sulfone groups is 1. The molecule has 6 nitrogen and oxygen atoms in total. The molecule has 0 spiro atoms. The first-order chi connectivity index (χ1) is 13.0. The van der Waals surface area contributed by atoms with Crippen LogP contribution in [0.15, 0.2) is 60.0 Å². The molecule has 0 aliphatic carbocycles. The van der Waals surface area contributed by atoms with Gasteiger partial charge in [0.05, 0.1) is 16.3 Å². The fourth-order valence-corrected chi connectivity index (χ4v) is 6.57. The number of aryl methyl sites for hydroxylation is 1. The molecular weight excluding hydrogens is 360 g/mol. The van der Waals surface area contributed by atoms with E-state index in [1.807, 2.05) is 49.9 Å². The van der Waals surface area contributed by atoms with Crippen LogP contribution in [0.1, 0.15) is 17.0 Å². The van der Waals surface area contributed by atoms with Crippen LogP contribution < -0.4 is 0 Å². The molecule has 0 saturated carbocycles. The molecule has 4 heterocycles. The van der Waals surface area contributed by atoms with Gasteiger partial charge in [-0.25, -0.2) is 8.42 Å². The first-order valence-electron chi connectivity index (χ1n) is 9.00. The predicted octanol–water partition coefficient (Wildman–Crippen LogP) is 2.24. The minimum atomic E-state index is -3.28. The molecule has 1 saturated heterocycles. The van der Waals surface area contributed by atoms with E-state index in [1.54, 1.807) is 16.9 Å². The van der Waals surface area contributed by atoms with Gasteiger partial charge >= 0.3 is 0 Å². The van der Waals surface area contributed by atoms with Crippen LogP contribution in [0.25, 0.3) is 11.1 Å². The Morgan fingerprint density at radius 1 is 1.15 bits per heavy atom. The third-order valence-electron chi connectivity index (χ3n) is 5.62. The molecule has 0 bridgehead atoms. The van der Waals surface area contributed by atoms with E-state index in [0.29, 0.717) is 11.4 Å². The predicted molar refractivity (Wildman–Crippen MR) is 102 cm³/mol. The van der Waals surface area contributed by atoms with Crippen molar-refractivity contribution in [1.82, 2.24) is 19.7 Å². The fourth-order valence-electron chi connectivity index (χ4n) is 4.38. The van der Waals surface area contributed by atoms with Gasteiger partial charge < -0.3 is 0 Å². The van der Waals surface area contributed by atoms with E-state index in [4.69, 9.17) is 0 Å². The number of rotatable bonds is 3. The lowest BCUT2D eigenvalue weighted by Crippen LogP contribution is -2.25. The Balaban J connectivity index is 1.48. The Labute approximate surface area is 158 Å². The lowest BCUT2D eigenvalue weighted by Gasteiger charge is -2.16. The van der Waals surface area contributed by atoms with Crippen molar-refractivity contribution in [3.8, 4) is 11.1 Å². The van der Waals surface area contributed by atoms with Crippen LogP contribution in [0.4, 0.5) is 0 Å². The zero-order valence-electron chi connectivity index (χ0n) is 15.0. The van der Waals surface area contributed by atoms with E-state index >= 15 is 0 Å². The fraction of sp³-hybridized carbons (Fsp3) is 0.300. The monoisotopic (exact) mass is 380 g/mol. The maximum absolute atomic E-state index is 13.1. The maximum atomic E-state index is 13.1. The second-order valence-corrected chi connectivity index (χ2v) is 9.54. The average Bonchev–Trinajstić information content (AvgIpc) is 3.33. The van der Waals surface area contributed by atoms with E-state index in [1.165, 1.54) is 0 Å². The third kappa shape index (κ3) is 2.69. The number of pyridine rings is 1. The van der Waals surface area contributed by atoms with Gasteiger partial charge in [0.2, 0.25) is 0 Å². The van der Waals surface area contributed by atoms with Crippen LogP contribution in [-0.2, 0) is 23.4 Å². The summed E-state index contributed by atoms with van der Waals surface area (Å²) in [6, 6.07) is 9.60. The van der Waals surface area contributed by atoms with Gasteiger partial charge in [0.15, 0.2) is 9.84 Å². The van der Waals surface area contributed by atoms with Crippen LogP contribution in [0.2, 0.25) is 0 Å². The van der Waals surface area contributed by atoms with Crippen molar-refractivity contribution in [1.29, 1.82) is 0 Å². The Hall–Kier alpha value is -2.51. The lowest BCUT2D eigenvalue weighted by atomic mass is 9.95. The Bertz CT molecular complexity index is 1110. The second-order valence-electron chi connectivity index (χ2n) is 7.40. The largest absolute Gasteiger partial charge is 0.297 e. The van der Waals surface area contributed by atoms with Crippen LogP contribution in [-0.4, -0.2) is 46.4 Å². The zero-order valence-corrected chi connectivity index (χ0v) is 15.8. The van der Waals surface area contributed by atoms with E-state index < -0.39 is 9.84 Å². The van der Waals surface area contributed by atoms with Gasteiger partial charge in [-0.15, -0.1) is 0 Å². The number of hydrogen-bond donors (Lipinski definition) is 0. The first-order valence-corrected chi connectivity index (χ1v) is 10.5. The summed E-state index contributed by atoms with van der Waals surface area (Å²) >= 11 is 0. The minimum absolute atomic E-state index is 0.0262. The minimum Gasteiger partial charge on any atom is -0.297 e. The summed E-state index contributed by atoms with van der Waals surface area (Å²) in [6.45, 7) is 2.05. The molecule has 1 aromatic carbocycles. The van der Waals surface area contributed by atoms with E-state index in [-0.39, 0.29) is 11.2 Å². The molecule has 27 heavy (non-hydrogen) atoms. The summed E-state index contributed by atoms with van der Waals surface area (Å²) in [5.74, 6) is 0.0262. The van der Waals surface area contributed by atoms with Crippen molar-refractivity contribution >= 4 is 9.84 Å². The highest BCUT2D eigenvalue weighted by Crippen LogP contribution is 2.46. The van der Waals surface area contributed by atoms with Crippen LogP contribution >= 0.6 is 0 Å². The molecule has 138 valence electrons. The van der Waals surface area contributed by atoms with E-state index in [0.717, 1.165) is 35.3 Å². The second kappa shape index (κ2) is 6.00. The first kappa shape index (κ1) is 16.6. The summed E-state index contributed by atoms with van der Waals surface area (Å²) in [5, 5.41) is 3.85. The molecule has 5 rings (SSSR count). The highest BCUT2D eigenvalue weighted by atomic mass is 32.2. The molecule has 3 aromatic rings. The summed E-state index contributed by atoms with van der Waals surface area (Å²) in [4.78, 5) is 6.91. The van der Waals surface area contributed by atoms with Crippen LogP contribution in [0.3, 0.4) is 0 Å². The Morgan fingerprint density at radius 3 is 2.78 bits per heavy atom. The van der Waals surface area contributed by atoms with Crippen molar-refractivity contribution in [2.45, 2.75) is 22.6 Å².